The van der Waals surface area contributed by atoms with E-state index >= 15 is 0 Å². The van der Waals surface area contributed by atoms with Crippen LogP contribution in [0, 0.1) is 0 Å². The third kappa shape index (κ3) is 6.05. The third-order valence-corrected chi connectivity index (χ3v) is 3.86. The molecule has 0 bridgehead atoms. The Balaban J connectivity index is 1.59. The monoisotopic (exact) mass is 326 g/mol. The second kappa shape index (κ2) is 9.73. The molecule has 0 spiro atoms. The lowest BCUT2D eigenvalue weighted by atomic mass is 10.1. The number of rotatable bonds is 9. The smallest absolute Gasteiger partial charge is 0.239 e. The molecule has 2 aromatic carbocycles. The Morgan fingerprint density at radius 2 is 1.71 bits per heavy atom. The van der Waals surface area contributed by atoms with E-state index in [1.54, 1.807) is 0 Å². The van der Waals surface area contributed by atoms with Gasteiger partial charge in [-0.2, -0.15) is 0 Å². The SMILES string of the molecule is CC(OCCCNC(=O)CN(C)c1ccccc1)c1ccccc1. The summed E-state index contributed by atoms with van der Waals surface area (Å²) >= 11 is 0. The molecule has 0 fully saturated rings. The topological polar surface area (TPSA) is 41.6 Å². The lowest BCUT2D eigenvalue weighted by Crippen LogP contribution is -2.35. The lowest BCUT2D eigenvalue weighted by molar-refractivity contribution is -0.119. The second-order valence-electron chi connectivity index (χ2n) is 5.82. The van der Waals surface area contributed by atoms with Crippen LogP contribution in [0.3, 0.4) is 0 Å². The molecule has 0 radical (unpaired) electrons. The fraction of sp³-hybridized carbons (Fsp3) is 0.350. The first-order valence-electron chi connectivity index (χ1n) is 8.36. The number of nitrogens with one attached hydrogen (secondary N) is 1. The average Bonchev–Trinajstić information content (AvgIpc) is 2.62. The van der Waals surface area contributed by atoms with Crippen LogP contribution in [-0.2, 0) is 9.53 Å². The van der Waals surface area contributed by atoms with Gasteiger partial charge < -0.3 is 15.0 Å². The Morgan fingerprint density at radius 3 is 2.38 bits per heavy atom. The molecule has 0 saturated heterocycles. The third-order valence-electron chi connectivity index (χ3n) is 3.86. The first kappa shape index (κ1) is 18.0. The van der Waals surface area contributed by atoms with Crippen LogP contribution in [0.1, 0.15) is 25.0 Å². The molecule has 0 aliphatic carbocycles. The maximum absolute atomic E-state index is 12.0. The Hall–Kier alpha value is -2.33. The van der Waals surface area contributed by atoms with Crippen LogP contribution >= 0.6 is 0 Å². The number of para-hydroxylation sites is 1. The van der Waals surface area contributed by atoms with Crippen molar-refractivity contribution in [3.8, 4) is 0 Å². The van der Waals surface area contributed by atoms with Gasteiger partial charge in [-0.3, -0.25) is 4.79 Å². The predicted octanol–water partition coefficient (Wildman–Crippen LogP) is 3.41. The molecular formula is C20H26N2O2. The van der Waals surface area contributed by atoms with Crippen molar-refractivity contribution in [2.75, 3.05) is 31.6 Å². The first-order valence-corrected chi connectivity index (χ1v) is 8.36. The van der Waals surface area contributed by atoms with Crippen molar-refractivity contribution in [1.82, 2.24) is 5.32 Å². The summed E-state index contributed by atoms with van der Waals surface area (Å²) in [6.45, 7) is 3.65. The number of hydrogen-bond acceptors (Lipinski definition) is 3. The van der Waals surface area contributed by atoms with Gasteiger partial charge in [0.2, 0.25) is 5.91 Å². The summed E-state index contributed by atoms with van der Waals surface area (Å²) in [6.07, 6.45) is 0.879. The summed E-state index contributed by atoms with van der Waals surface area (Å²) in [7, 11) is 1.92. The van der Waals surface area contributed by atoms with Crippen molar-refractivity contribution in [3.63, 3.8) is 0 Å². The Bertz CT molecular complexity index is 602. The molecule has 0 aliphatic rings. The van der Waals surface area contributed by atoms with Crippen molar-refractivity contribution in [3.05, 3.63) is 66.2 Å². The van der Waals surface area contributed by atoms with E-state index < -0.39 is 0 Å². The van der Waals surface area contributed by atoms with Gasteiger partial charge in [0.05, 0.1) is 12.6 Å². The van der Waals surface area contributed by atoms with E-state index in [0.29, 0.717) is 19.7 Å². The zero-order valence-electron chi connectivity index (χ0n) is 14.4. The molecule has 1 unspecified atom stereocenters. The Labute approximate surface area is 144 Å². The molecule has 1 atom stereocenters. The molecule has 0 saturated carbocycles. The van der Waals surface area contributed by atoms with Crippen LogP contribution in [0.2, 0.25) is 0 Å². The molecule has 0 heterocycles. The molecule has 0 aliphatic heterocycles. The molecule has 4 nitrogen and oxygen atoms in total. The number of ether oxygens (including phenoxy) is 1. The molecule has 24 heavy (non-hydrogen) atoms. The van der Waals surface area contributed by atoms with Gasteiger partial charge in [0, 0.05) is 25.9 Å². The van der Waals surface area contributed by atoms with E-state index in [9.17, 15) is 4.79 Å². The van der Waals surface area contributed by atoms with Crippen LogP contribution in [0.25, 0.3) is 0 Å². The van der Waals surface area contributed by atoms with E-state index in [1.807, 2.05) is 67.4 Å². The van der Waals surface area contributed by atoms with Crippen LogP contribution in [0.5, 0.6) is 0 Å². The van der Waals surface area contributed by atoms with Gasteiger partial charge in [0.15, 0.2) is 0 Å². The van der Waals surface area contributed by atoms with Gasteiger partial charge in [0.25, 0.3) is 0 Å². The van der Waals surface area contributed by atoms with Crippen LogP contribution in [-0.4, -0.2) is 32.7 Å². The molecule has 1 N–H and O–H groups in total. The highest BCUT2D eigenvalue weighted by Crippen LogP contribution is 2.15. The summed E-state index contributed by atoms with van der Waals surface area (Å²) in [5.74, 6) is 0.0254. The van der Waals surface area contributed by atoms with Crippen molar-refractivity contribution < 1.29 is 9.53 Å². The molecular weight excluding hydrogens is 300 g/mol. The highest BCUT2D eigenvalue weighted by Gasteiger charge is 2.07. The van der Waals surface area contributed by atoms with Crippen molar-refractivity contribution in [2.45, 2.75) is 19.4 Å². The standard InChI is InChI=1S/C20H26N2O2/c1-17(18-10-5-3-6-11-18)24-15-9-14-21-20(23)16-22(2)19-12-7-4-8-13-19/h3-8,10-13,17H,9,14-16H2,1-2H3,(H,21,23). The van der Waals surface area contributed by atoms with E-state index in [4.69, 9.17) is 4.74 Å². The van der Waals surface area contributed by atoms with Gasteiger partial charge in [-0.15, -0.1) is 0 Å². The van der Waals surface area contributed by atoms with Crippen LogP contribution in [0.15, 0.2) is 60.7 Å². The zero-order chi connectivity index (χ0) is 17.2. The Morgan fingerprint density at radius 1 is 1.08 bits per heavy atom. The van der Waals surface area contributed by atoms with E-state index in [0.717, 1.165) is 12.1 Å². The predicted molar refractivity (Wildman–Crippen MR) is 98.1 cm³/mol. The maximum Gasteiger partial charge on any atom is 0.239 e. The molecule has 2 aromatic rings. The number of carbonyl (C=O) groups excluding carboxylic acids is 1. The quantitative estimate of drug-likeness (QED) is 0.718. The maximum atomic E-state index is 12.0. The molecule has 128 valence electrons. The molecule has 4 heteroatoms. The fourth-order valence-electron chi connectivity index (χ4n) is 2.43. The number of benzene rings is 2. The highest BCUT2D eigenvalue weighted by molar-refractivity contribution is 5.81. The van der Waals surface area contributed by atoms with Gasteiger partial charge in [-0.1, -0.05) is 48.5 Å². The summed E-state index contributed by atoms with van der Waals surface area (Å²) in [5, 5.41) is 2.94. The summed E-state index contributed by atoms with van der Waals surface area (Å²) in [4.78, 5) is 13.9. The molecule has 0 aromatic heterocycles. The zero-order valence-corrected chi connectivity index (χ0v) is 14.4. The second-order valence-corrected chi connectivity index (χ2v) is 5.82. The Kier molecular flexibility index (Phi) is 7.30. The largest absolute Gasteiger partial charge is 0.374 e. The summed E-state index contributed by atoms with van der Waals surface area (Å²) < 4.78 is 5.80. The van der Waals surface area contributed by atoms with Gasteiger partial charge in [-0.25, -0.2) is 0 Å². The van der Waals surface area contributed by atoms with E-state index in [2.05, 4.69) is 17.4 Å². The van der Waals surface area contributed by atoms with Gasteiger partial charge >= 0.3 is 0 Å². The minimum Gasteiger partial charge on any atom is -0.374 e. The summed E-state index contributed by atoms with van der Waals surface area (Å²) in [6, 6.07) is 20.0. The normalized spacial score (nSPS) is 11.8. The number of carbonyl (C=O) groups is 1. The van der Waals surface area contributed by atoms with Crippen molar-refractivity contribution in [1.29, 1.82) is 0 Å². The summed E-state index contributed by atoms with van der Waals surface area (Å²) in [5.41, 5.74) is 2.21. The minimum atomic E-state index is 0.0254. The number of likely N-dealkylation sites (N-methyl/N-ethyl adjacent to an activating group) is 1. The first-order chi connectivity index (χ1) is 11.7. The van der Waals surface area contributed by atoms with Crippen molar-refractivity contribution >= 4 is 11.6 Å². The minimum absolute atomic E-state index is 0.0254. The number of anilines is 1. The van der Waals surface area contributed by atoms with Crippen LogP contribution in [0.4, 0.5) is 5.69 Å². The fourth-order valence-corrected chi connectivity index (χ4v) is 2.43. The number of amides is 1. The number of hydrogen-bond donors (Lipinski definition) is 1. The number of nitrogens with zero attached hydrogens (tertiary/aromatic N) is 1. The van der Waals surface area contributed by atoms with Crippen LogP contribution < -0.4 is 10.2 Å². The molecule has 1 amide bonds. The van der Waals surface area contributed by atoms with Gasteiger partial charge in [0.1, 0.15) is 0 Å². The molecule has 2 rings (SSSR count). The average molecular weight is 326 g/mol. The van der Waals surface area contributed by atoms with E-state index in [-0.39, 0.29) is 12.0 Å². The van der Waals surface area contributed by atoms with Crippen molar-refractivity contribution in [2.24, 2.45) is 0 Å². The lowest BCUT2D eigenvalue weighted by Gasteiger charge is -2.18. The van der Waals surface area contributed by atoms with E-state index in [1.165, 1.54) is 5.56 Å². The highest BCUT2D eigenvalue weighted by atomic mass is 16.5. The van der Waals surface area contributed by atoms with Gasteiger partial charge in [-0.05, 0) is 31.0 Å².